The molecule has 27 heavy (non-hydrogen) atoms. The number of thioether (sulfide) groups is 1. The minimum absolute atomic E-state index is 0.174. The monoisotopic (exact) mass is 384 g/mol. The number of hydrogen-bond donors (Lipinski definition) is 0. The second-order valence-electron chi connectivity index (χ2n) is 7.92. The fourth-order valence-corrected chi connectivity index (χ4v) is 4.99. The minimum Gasteiger partial charge on any atom is -0.336 e. The summed E-state index contributed by atoms with van der Waals surface area (Å²) in [5, 5.41) is 9.59. The van der Waals surface area contributed by atoms with Crippen molar-refractivity contribution in [1.82, 2.24) is 19.7 Å². The molecule has 2 fully saturated rings. The molecule has 3 atom stereocenters. The van der Waals surface area contributed by atoms with Crippen LogP contribution >= 0.6 is 11.8 Å². The van der Waals surface area contributed by atoms with E-state index in [9.17, 15) is 4.79 Å². The molecule has 1 aliphatic carbocycles. The van der Waals surface area contributed by atoms with Gasteiger partial charge in [-0.15, -0.1) is 10.2 Å². The first-order chi connectivity index (χ1) is 13.1. The predicted octanol–water partition coefficient (Wildman–Crippen LogP) is 4.41. The van der Waals surface area contributed by atoms with E-state index >= 15 is 0 Å². The molecule has 6 heteroatoms. The molecule has 1 saturated heterocycles. The summed E-state index contributed by atoms with van der Waals surface area (Å²) in [7, 11) is 0. The van der Waals surface area contributed by atoms with E-state index in [2.05, 4.69) is 45.6 Å². The number of benzene rings is 1. The fraction of sp³-hybridized carbons (Fsp3) is 0.571. The first-order valence-electron chi connectivity index (χ1n) is 10.1. The molecular weight excluding hydrogens is 356 g/mol. The van der Waals surface area contributed by atoms with E-state index in [-0.39, 0.29) is 11.2 Å². The summed E-state index contributed by atoms with van der Waals surface area (Å²) in [6.07, 6.45) is 5.75. The first-order valence-corrected chi connectivity index (χ1v) is 10.9. The number of para-hydroxylation sites is 1. The number of hydrogen-bond acceptors (Lipinski definition) is 4. The van der Waals surface area contributed by atoms with Crippen LogP contribution in [-0.4, -0.2) is 42.9 Å². The van der Waals surface area contributed by atoms with Crippen LogP contribution in [0.3, 0.4) is 0 Å². The van der Waals surface area contributed by atoms with Crippen molar-refractivity contribution in [3.8, 4) is 5.69 Å². The summed E-state index contributed by atoms with van der Waals surface area (Å²) >= 11 is 1.54. The molecule has 0 bridgehead atoms. The summed E-state index contributed by atoms with van der Waals surface area (Å²) < 4.78 is 2.15. The van der Waals surface area contributed by atoms with Crippen LogP contribution in [0.5, 0.6) is 0 Å². The van der Waals surface area contributed by atoms with Crippen molar-refractivity contribution in [3.05, 3.63) is 36.2 Å². The van der Waals surface area contributed by atoms with E-state index in [0.29, 0.717) is 18.0 Å². The molecule has 2 heterocycles. The summed E-state index contributed by atoms with van der Waals surface area (Å²) in [5.74, 6) is 1.75. The Kier molecular flexibility index (Phi) is 5.26. The molecule has 4 rings (SSSR count). The quantitative estimate of drug-likeness (QED) is 0.716. The zero-order valence-corrected chi connectivity index (χ0v) is 17.2. The van der Waals surface area contributed by atoms with Gasteiger partial charge in [-0.25, -0.2) is 0 Å². The molecule has 0 spiro atoms. The summed E-state index contributed by atoms with van der Waals surface area (Å²) in [4.78, 5) is 15.3. The molecule has 1 aromatic carbocycles. The van der Waals surface area contributed by atoms with Gasteiger partial charge in [0.2, 0.25) is 5.91 Å². The van der Waals surface area contributed by atoms with E-state index in [4.69, 9.17) is 0 Å². The first kappa shape index (κ1) is 18.5. The molecular formula is C21H28N4OS. The number of carbonyl (C=O) groups excluding carboxylic acids is 1. The van der Waals surface area contributed by atoms with E-state index in [1.165, 1.54) is 31.0 Å². The van der Waals surface area contributed by atoms with Crippen molar-refractivity contribution in [2.24, 2.45) is 0 Å². The standard InChI is InChI=1S/C21H28N4OS/c1-14-8-7-9-15(2)24(14)20(26)16(3)27-21-23-22-19(17-12-13-17)25(21)18-10-5-4-6-11-18/h4-6,10-11,14-17H,7-9,12-13H2,1-3H3/t14-,15-,16+/m1/s1. The Hall–Kier alpha value is -1.82. The van der Waals surface area contributed by atoms with Gasteiger partial charge in [0.05, 0.1) is 5.25 Å². The lowest BCUT2D eigenvalue weighted by atomic mass is 9.97. The molecule has 0 unspecified atom stereocenters. The van der Waals surface area contributed by atoms with Crippen LogP contribution in [0.4, 0.5) is 0 Å². The molecule has 1 aromatic heterocycles. The lowest BCUT2D eigenvalue weighted by molar-refractivity contribution is -0.136. The summed E-state index contributed by atoms with van der Waals surface area (Å²) in [6, 6.07) is 10.9. The van der Waals surface area contributed by atoms with Gasteiger partial charge >= 0.3 is 0 Å². The topological polar surface area (TPSA) is 51.0 Å². The number of piperidine rings is 1. The molecule has 1 aliphatic heterocycles. The highest BCUT2D eigenvalue weighted by Gasteiger charge is 2.35. The molecule has 1 saturated carbocycles. The normalized spacial score (nSPS) is 24.0. The van der Waals surface area contributed by atoms with Crippen LogP contribution in [0.15, 0.2) is 35.5 Å². The Balaban J connectivity index is 1.58. The summed E-state index contributed by atoms with van der Waals surface area (Å²) in [5.41, 5.74) is 1.08. The maximum atomic E-state index is 13.2. The molecule has 2 aromatic rings. The van der Waals surface area contributed by atoms with Crippen molar-refractivity contribution in [2.45, 2.75) is 81.3 Å². The third kappa shape index (κ3) is 3.77. The van der Waals surface area contributed by atoms with E-state index in [0.717, 1.165) is 29.5 Å². The second kappa shape index (κ2) is 7.66. The number of likely N-dealkylation sites (tertiary alicyclic amines) is 1. The third-order valence-electron chi connectivity index (χ3n) is 5.69. The average molecular weight is 385 g/mol. The number of rotatable bonds is 5. The van der Waals surface area contributed by atoms with Crippen LogP contribution < -0.4 is 0 Å². The van der Waals surface area contributed by atoms with Crippen LogP contribution in [0.25, 0.3) is 5.69 Å². The SMILES string of the molecule is C[C@H](Sc1nnc(C2CC2)n1-c1ccccc1)C(=O)N1[C@H](C)CCC[C@H]1C. The maximum Gasteiger partial charge on any atom is 0.236 e. The average Bonchev–Trinajstić information content (AvgIpc) is 3.43. The zero-order valence-electron chi connectivity index (χ0n) is 16.3. The number of aromatic nitrogens is 3. The van der Waals surface area contributed by atoms with Gasteiger partial charge < -0.3 is 4.90 Å². The smallest absolute Gasteiger partial charge is 0.236 e. The maximum absolute atomic E-state index is 13.2. The third-order valence-corrected chi connectivity index (χ3v) is 6.72. The van der Waals surface area contributed by atoms with Crippen molar-refractivity contribution in [2.75, 3.05) is 0 Å². The van der Waals surface area contributed by atoms with E-state index in [1.54, 1.807) is 0 Å². The molecule has 144 valence electrons. The van der Waals surface area contributed by atoms with Crippen molar-refractivity contribution in [3.63, 3.8) is 0 Å². The number of nitrogens with zero attached hydrogens (tertiary/aromatic N) is 4. The zero-order chi connectivity index (χ0) is 19.0. The van der Waals surface area contributed by atoms with E-state index in [1.807, 2.05) is 25.1 Å². The highest BCUT2D eigenvalue weighted by atomic mass is 32.2. The highest BCUT2D eigenvalue weighted by molar-refractivity contribution is 8.00. The van der Waals surface area contributed by atoms with Gasteiger partial charge in [-0.05, 0) is 65.0 Å². The van der Waals surface area contributed by atoms with Crippen LogP contribution in [0, 0.1) is 0 Å². The van der Waals surface area contributed by atoms with Gasteiger partial charge in [-0.1, -0.05) is 30.0 Å². The molecule has 0 radical (unpaired) electrons. The van der Waals surface area contributed by atoms with Gasteiger partial charge in [0, 0.05) is 23.7 Å². The van der Waals surface area contributed by atoms with Gasteiger partial charge in [-0.3, -0.25) is 9.36 Å². The molecule has 0 N–H and O–H groups in total. The van der Waals surface area contributed by atoms with Crippen molar-refractivity contribution < 1.29 is 4.79 Å². The highest BCUT2D eigenvalue weighted by Crippen LogP contribution is 2.41. The molecule has 5 nitrogen and oxygen atoms in total. The largest absolute Gasteiger partial charge is 0.336 e. The lowest BCUT2D eigenvalue weighted by Gasteiger charge is -2.40. The Morgan fingerprint density at radius 2 is 1.74 bits per heavy atom. The van der Waals surface area contributed by atoms with Crippen LogP contribution in [0.2, 0.25) is 0 Å². The van der Waals surface area contributed by atoms with E-state index < -0.39 is 0 Å². The molecule has 1 amide bonds. The lowest BCUT2D eigenvalue weighted by Crippen LogP contribution is -2.50. The van der Waals surface area contributed by atoms with Crippen LogP contribution in [-0.2, 0) is 4.79 Å². The van der Waals surface area contributed by atoms with Crippen molar-refractivity contribution in [1.29, 1.82) is 0 Å². The summed E-state index contributed by atoms with van der Waals surface area (Å²) in [6.45, 7) is 6.34. The predicted molar refractivity (Wildman–Crippen MR) is 108 cm³/mol. The minimum atomic E-state index is -0.174. The van der Waals surface area contributed by atoms with Crippen LogP contribution in [0.1, 0.15) is 64.6 Å². The van der Waals surface area contributed by atoms with Gasteiger partial charge in [-0.2, -0.15) is 0 Å². The number of carbonyl (C=O) groups is 1. The van der Waals surface area contributed by atoms with Crippen molar-refractivity contribution >= 4 is 17.7 Å². The van der Waals surface area contributed by atoms with Gasteiger partial charge in [0.15, 0.2) is 5.16 Å². The Morgan fingerprint density at radius 3 is 2.37 bits per heavy atom. The van der Waals surface area contributed by atoms with Gasteiger partial charge in [0.1, 0.15) is 5.82 Å². The van der Waals surface area contributed by atoms with Gasteiger partial charge in [0.25, 0.3) is 0 Å². The second-order valence-corrected chi connectivity index (χ2v) is 9.23. The Labute approximate surface area is 165 Å². The Bertz CT molecular complexity index is 792. The molecule has 2 aliphatic rings. The fourth-order valence-electron chi connectivity index (χ4n) is 4.06. The Morgan fingerprint density at radius 1 is 1.07 bits per heavy atom. The number of amides is 1.